The summed E-state index contributed by atoms with van der Waals surface area (Å²) in [4.78, 5) is 11.4. The summed E-state index contributed by atoms with van der Waals surface area (Å²) in [5.41, 5.74) is 1.32. The Morgan fingerprint density at radius 3 is 2.88 bits per heavy atom. The minimum atomic E-state index is -3.69. The van der Waals surface area contributed by atoms with Crippen LogP contribution in [0.3, 0.4) is 0 Å². The molecule has 0 radical (unpaired) electrons. The van der Waals surface area contributed by atoms with Crippen molar-refractivity contribution in [2.45, 2.75) is 11.3 Å². The molecule has 0 saturated heterocycles. The Morgan fingerprint density at radius 2 is 2.08 bits per heavy atom. The van der Waals surface area contributed by atoms with Crippen LogP contribution in [0.1, 0.15) is 5.56 Å². The van der Waals surface area contributed by atoms with Crippen molar-refractivity contribution in [1.29, 1.82) is 0 Å². The molecule has 7 nitrogen and oxygen atoms in total. The fraction of sp³-hybridized carbons (Fsp3) is 0.235. The van der Waals surface area contributed by atoms with Gasteiger partial charge >= 0.3 is 0 Å². The molecule has 1 aliphatic heterocycles. The number of benzene rings is 2. The highest BCUT2D eigenvalue weighted by Gasteiger charge is 2.20. The van der Waals surface area contributed by atoms with Crippen molar-refractivity contribution in [3.05, 3.63) is 48.0 Å². The topological polar surface area (TPSA) is 93.7 Å². The monoisotopic (exact) mass is 362 g/mol. The molecule has 2 aromatic rings. The van der Waals surface area contributed by atoms with Crippen molar-refractivity contribution >= 4 is 21.6 Å². The number of hydrogen-bond acceptors (Lipinski definition) is 5. The van der Waals surface area contributed by atoms with E-state index in [2.05, 4.69) is 10.0 Å². The van der Waals surface area contributed by atoms with Gasteiger partial charge < -0.3 is 14.8 Å². The predicted octanol–water partition coefficient (Wildman–Crippen LogP) is 1.55. The number of methoxy groups -OCH3 is 1. The van der Waals surface area contributed by atoms with Crippen LogP contribution in [0.4, 0.5) is 5.69 Å². The largest absolute Gasteiger partial charge is 0.497 e. The molecule has 8 heteroatoms. The molecule has 0 aromatic heterocycles. The Bertz CT molecular complexity index is 896. The molecule has 2 aromatic carbocycles. The van der Waals surface area contributed by atoms with Gasteiger partial charge in [0.2, 0.25) is 10.0 Å². The quantitative estimate of drug-likeness (QED) is 0.813. The van der Waals surface area contributed by atoms with Gasteiger partial charge in [0, 0.05) is 6.54 Å². The number of rotatable bonds is 6. The first kappa shape index (κ1) is 17.2. The highest BCUT2D eigenvalue weighted by atomic mass is 32.2. The van der Waals surface area contributed by atoms with Crippen LogP contribution < -0.4 is 19.5 Å². The van der Waals surface area contributed by atoms with Crippen LogP contribution in [-0.4, -0.2) is 34.6 Å². The zero-order valence-electron chi connectivity index (χ0n) is 13.6. The molecule has 0 saturated carbocycles. The summed E-state index contributed by atoms with van der Waals surface area (Å²) in [6.45, 7) is 0.174. The van der Waals surface area contributed by atoms with Crippen molar-refractivity contribution < 1.29 is 22.7 Å². The van der Waals surface area contributed by atoms with Crippen molar-refractivity contribution in [2.75, 3.05) is 25.6 Å². The zero-order valence-corrected chi connectivity index (χ0v) is 14.4. The lowest BCUT2D eigenvalue weighted by Crippen LogP contribution is -2.28. The third-order valence-corrected chi connectivity index (χ3v) is 5.19. The average molecular weight is 362 g/mol. The standard InChI is InChI=1S/C17H18N2O5S/c1-23-13-4-2-3-12(9-13)7-8-18-25(21,22)14-5-6-16-15(10-14)19-17(20)11-24-16/h2-6,9-10,18H,7-8,11H2,1H3,(H,19,20). The lowest BCUT2D eigenvalue weighted by Gasteiger charge is -2.18. The summed E-state index contributed by atoms with van der Waals surface area (Å²) in [6, 6.07) is 11.8. The fourth-order valence-electron chi connectivity index (χ4n) is 2.47. The van der Waals surface area contributed by atoms with Crippen molar-refractivity contribution in [1.82, 2.24) is 4.72 Å². The van der Waals surface area contributed by atoms with Crippen LogP contribution >= 0.6 is 0 Å². The minimum absolute atomic E-state index is 0.0715. The van der Waals surface area contributed by atoms with Crippen LogP contribution in [-0.2, 0) is 21.2 Å². The summed E-state index contributed by atoms with van der Waals surface area (Å²) in [5, 5.41) is 2.60. The maximum Gasteiger partial charge on any atom is 0.262 e. The number of sulfonamides is 1. The van der Waals surface area contributed by atoms with Crippen LogP contribution in [0.25, 0.3) is 0 Å². The number of ether oxygens (including phenoxy) is 2. The van der Waals surface area contributed by atoms with Gasteiger partial charge in [-0.2, -0.15) is 0 Å². The smallest absolute Gasteiger partial charge is 0.262 e. The number of carbonyl (C=O) groups is 1. The van der Waals surface area contributed by atoms with E-state index in [1.165, 1.54) is 18.2 Å². The van der Waals surface area contributed by atoms with Crippen LogP contribution in [0.5, 0.6) is 11.5 Å². The van der Waals surface area contributed by atoms with Gasteiger partial charge in [0.15, 0.2) is 6.61 Å². The van der Waals surface area contributed by atoms with E-state index < -0.39 is 10.0 Å². The van der Waals surface area contributed by atoms with Crippen molar-refractivity contribution in [2.24, 2.45) is 0 Å². The van der Waals surface area contributed by atoms with Gasteiger partial charge in [-0.3, -0.25) is 4.79 Å². The molecule has 3 rings (SSSR count). The Balaban J connectivity index is 1.67. The lowest BCUT2D eigenvalue weighted by atomic mass is 10.1. The van der Waals surface area contributed by atoms with Gasteiger partial charge in [0.05, 0.1) is 17.7 Å². The van der Waals surface area contributed by atoms with Gasteiger partial charge in [-0.05, 0) is 42.3 Å². The Hall–Kier alpha value is -2.58. The molecule has 1 heterocycles. The molecule has 0 bridgehead atoms. The first-order valence-corrected chi connectivity index (χ1v) is 9.15. The Morgan fingerprint density at radius 1 is 1.24 bits per heavy atom. The second kappa shape index (κ2) is 7.12. The first-order valence-electron chi connectivity index (χ1n) is 7.67. The van der Waals surface area contributed by atoms with Gasteiger partial charge in [-0.1, -0.05) is 12.1 Å². The lowest BCUT2D eigenvalue weighted by molar-refractivity contribution is -0.118. The molecule has 1 amide bonds. The molecular weight excluding hydrogens is 344 g/mol. The van der Waals surface area contributed by atoms with E-state index in [-0.39, 0.29) is 24.0 Å². The second-order valence-corrected chi connectivity index (χ2v) is 7.26. The van der Waals surface area contributed by atoms with E-state index >= 15 is 0 Å². The average Bonchev–Trinajstić information content (AvgIpc) is 2.61. The number of fused-ring (bicyclic) bond motifs is 1. The van der Waals surface area contributed by atoms with Crippen LogP contribution in [0, 0.1) is 0 Å². The number of carbonyl (C=O) groups excluding carboxylic acids is 1. The molecule has 25 heavy (non-hydrogen) atoms. The SMILES string of the molecule is COc1cccc(CCNS(=O)(=O)c2ccc3c(c2)NC(=O)CO3)c1. The van der Waals surface area contributed by atoms with E-state index in [9.17, 15) is 13.2 Å². The minimum Gasteiger partial charge on any atom is -0.497 e. The van der Waals surface area contributed by atoms with E-state index in [1.807, 2.05) is 24.3 Å². The van der Waals surface area contributed by atoms with E-state index in [0.29, 0.717) is 17.9 Å². The van der Waals surface area contributed by atoms with Crippen molar-refractivity contribution in [3.63, 3.8) is 0 Å². The molecule has 132 valence electrons. The highest BCUT2D eigenvalue weighted by molar-refractivity contribution is 7.89. The van der Waals surface area contributed by atoms with Crippen molar-refractivity contribution in [3.8, 4) is 11.5 Å². The Kier molecular flexibility index (Phi) is 4.91. The third-order valence-electron chi connectivity index (χ3n) is 3.73. The van der Waals surface area contributed by atoms with Gasteiger partial charge in [-0.25, -0.2) is 13.1 Å². The molecule has 1 aliphatic rings. The number of amides is 1. The number of anilines is 1. The molecule has 0 aliphatic carbocycles. The third kappa shape index (κ3) is 4.09. The number of nitrogens with one attached hydrogen (secondary N) is 2. The van der Waals surface area contributed by atoms with Crippen LogP contribution in [0.2, 0.25) is 0 Å². The zero-order chi connectivity index (χ0) is 17.9. The van der Waals surface area contributed by atoms with E-state index in [0.717, 1.165) is 11.3 Å². The van der Waals surface area contributed by atoms with Crippen LogP contribution in [0.15, 0.2) is 47.4 Å². The van der Waals surface area contributed by atoms with Gasteiger partial charge in [0.25, 0.3) is 5.91 Å². The molecule has 0 spiro atoms. The summed E-state index contributed by atoms with van der Waals surface area (Å²) in [7, 11) is -2.10. The van der Waals surface area contributed by atoms with Gasteiger partial charge in [0.1, 0.15) is 11.5 Å². The molecule has 0 atom stereocenters. The Labute approximate surface area is 146 Å². The number of hydrogen-bond donors (Lipinski definition) is 2. The summed E-state index contributed by atoms with van der Waals surface area (Å²) in [6.07, 6.45) is 0.529. The molecule has 0 unspecified atom stereocenters. The van der Waals surface area contributed by atoms with Gasteiger partial charge in [-0.15, -0.1) is 0 Å². The maximum atomic E-state index is 12.4. The van der Waals surface area contributed by atoms with E-state index in [1.54, 1.807) is 7.11 Å². The summed E-state index contributed by atoms with van der Waals surface area (Å²) < 4.78 is 37.8. The first-order chi connectivity index (χ1) is 12.0. The highest BCUT2D eigenvalue weighted by Crippen LogP contribution is 2.29. The maximum absolute atomic E-state index is 12.4. The molecular formula is C17H18N2O5S. The predicted molar refractivity (Wildman–Crippen MR) is 92.5 cm³/mol. The van der Waals surface area contributed by atoms with E-state index in [4.69, 9.17) is 9.47 Å². The fourth-order valence-corrected chi connectivity index (χ4v) is 3.53. The summed E-state index contributed by atoms with van der Waals surface area (Å²) in [5.74, 6) is 0.869. The molecule has 0 fully saturated rings. The normalized spacial score (nSPS) is 13.6. The molecule has 2 N–H and O–H groups in total. The second-order valence-electron chi connectivity index (χ2n) is 5.49. The summed E-state index contributed by atoms with van der Waals surface area (Å²) >= 11 is 0.